The van der Waals surface area contributed by atoms with E-state index in [2.05, 4.69) is 30.1 Å². The van der Waals surface area contributed by atoms with E-state index in [0.29, 0.717) is 28.0 Å². The molecule has 1 aromatic rings. The van der Waals surface area contributed by atoms with Crippen LogP contribution in [0.25, 0.3) is 0 Å². The maximum Gasteiger partial charge on any atom is 0.0595 e. The fourth-order valence-corrected chi connectivity index (χ4v) is 3.40. The Morgan fingerprint density at radius 3 is 2.63 bits per heavy atom. The molecule has 0 bridgehead atoms. The van der Waals surface area contributed by atoms with Crippen molar-refractivity contribution < 1.29 is 0 Å². The summed E-state index contributed by atoms with van der Waals surface area (Å²) in [6.07, 6.45) is 1.23. The van der Waals surface area contributed by atoms with Crippen molar-refractivity contribution in [2.45, 2.75) is 32.4 Å². The van der Waals surface area contributed by atoms with Crippen LogP contribution in [0.15, 0.2) is 18.2 Å². The van der Waals surface area contributed by atoms with Gasteiger partial charge in [0.1, 0.15) is 0 Å². The molecule has 2 atom stereocenters. The normalized spacial score (nSPS) is 24.3. The average molecular weight is 301 g/mol. The number of nitrogens with one attached hydrogen (secondary N) is 1. The van der Waals surface area contributed by atoms with Crippen molar-refractivity contribution in [1.29, 1.82) is 0 Å². The minimum atomic E-state index is 0.433. The second kappa shape index (κ2) is 6.45. The van der Waals surface area contributed by atoms with Crippen molar-refractivity contribution in [1.82, 2.24) is 10.2 Å². The van der Waals surface area contributed by atoms with Gasteiger partial charge in [0, 0.05) is 12.1 Å². The molecule has 1 fully saturated rings. The molecule has 0 saturated carbocycles. The second-order valence-corrected chi connectivity index (χ2v) is 6.37. The maximum absolute atomic E-state index is 6.18. The Bertz CT molecular complexity index is 434. The third kappa shape index (κ3) is 3.25. The highest BCUT2D eigenvalue weighted by molar-refractivity contribution is 6.42. The molecular formula is C15H22Cl2N2. The van der Waals surface area contributed by atoms with E-state index in [-0.39, 0.29) is 0 Å². The summed E-state index contributed by atoms with van der Waals surface area (Å²) < 4.78 is 0. The third-order valence-electron chi connectivity index (χ3n) is 3.98. The van der Waals surface area contributed by atoms with E-state index >= 15 is 0 Å². The van der Waals surface area contributed by atoms with Crippen LogP contribution in [-0.4, -0.2) is 31.1 Å². The molecule has 0 aliphatic carbocycles. The van der Waals surface area contributed by atoms with E-state index < -0.39 is 0 Å². The Balaban J connectivity index is 2.31. The lowest BCUT2D eigenvalue weighted by Crippen LogP contribution is -2.33. The minimum Gasteiger partial charge on any atom is -0.319 e. The van der Waals surface area contributed by atoms with Crippen molar-refractivity contribution in [2.75, 3.05) is 20.1 Å². The predicted octanol–water partition coefficient (Wildman–Crippen LogP) is 3.98. The number of rotatable bonds is 4. The molecule has 19 heavy (non-hydrogen) atoms. The molecule has 1 aliphatic rings. The van der Waals surface area contributed by atoms with Crippen LogP contribution in [0.5, 0.6) is 0 Å². The van der Waals surface area contributed by atoms with Gasteiger partial charge in [-0.1, -0.05) is 29.3 Å². The van der Waals surface area contributed by atoms with Crippen LogP contribution >= 0.6 is 23.2 Å². The van der Waals surface area contributed by atoms with E-state index in [4.69, 9.17) is 23.2 Å². The van der Waals surface area contributed by atoms with Gasteiger partial charge in [0.15, 0.2) is 0 Å². The Morgan fingerprint density at radius 2 is 2.05 bits per heavy atom. The zero-order valence-electron chi connectivity index (χ0n) is 11.8. The topological polar surface area (TPSA) is 15.3 Å². The van der Waals surface area contributed by atoms with E-state index in [1.54, 1.807) is 0 Å². The van der Waals surface area contributed by atoms with E-state index in [1.165, 1.54) is 12.0 Å². The van der Waals surface area contributed by atoms with E-state index in [0.717, 1.165) is 13.1 Å². The molecule has 1 N–H and O–H groups in total. The first-order valence-corrected chi connectivity index (χ1v) is 7.65. The van der Waals surface area contributed by atoms with Crippen LogP contribution in [-0.2, 0) is 0 Å². The number of nitrogens with zero attached hydrogens (tertiary/aromatic N) is 1. The largest absolute Gasteiger partial charge is 0.319 e. The average Bonchev–Trinajstić information content (AvgIpc) is 2.77. The van der Waals surface area contributed by atoms with Gasteiger partial charge in [0.05, 0.1) is 10.0 Å². The molecule has 1 aromatic carbocycles. The first-order chi connectivity index (χ1) is 9.04. The molecule has 0 radical (unpaired) electrons. The zero-order valence-corrected chi connectivity index (χ0v) is 13.3. The Labute approximate surface area is 126 Å². The van der Waals surface area contributed by atoms with Gasteiger partial charge >= 0.3 is 0 Å². The molecular weight excluding hydrogens is 279 g/mol. The van der Waals surface area contributed by atoms with Crippen LogP contribution in [0.2, 0.25) is 10.0 Å². The van der Waals surface area contributed by atoms with Gasteiger partial charge in [0.2, 0.25) is 0 Å². The van der Waals surface area contributed by atoms with E-state index in [9.17, 15) is 0 Å². The standard InChI is InChI=1S/C15H22Cl2N2/c1-10(2)19-7-6-12(9-18-3)15(19)11-4-5-13(16)14(17)8-11/h4-5,8,10,12,15,18H,6-7,9H2,1-3H3. The summed E-state index contributed by atoms with van der Waals surface area (Å²) in [5.41, 5.74) is 1.28. The predicted molar refractivity (Wildman–Crippen MR) is 83.1 cm³/mol. The molecule has 1 saturated heterocycles. The van der Waals surface area contributed by atoms with Gasteiger partial charge in [-0.15, -0.1) is 0 Å². The van der Waals surface area contributed by atoms with Crippen molar-refractivity contribution in [2.24, 2.45) is 5.92 Å². The van der Waals surface area contributed by atoms with Crippen LogP contribution in [0.4, 0.5) is 0 Å². The summed E-state index contributed by atoms with van der Waals surface area (Å²) in [4.78, 5) is 2.56. The van der Waals surface area contributed by atoms with E-state index in [1.807, 2.05) is 19.2 Å². The van der Waals surface area contributed by atoms with Crippen LogP contribution in [0.1, 0.15) is 31.9 Å². The smallest absolute Gasteiger partial charge is 0.0595 e. The first kappa shape index (κ1) is 15.1. The highest BCUT2D eigenvalue weighted by atomic mass is 35.5. The Morgan fingerprint density at radius 1 is 1.32 bits per heavy atom. The lowest BCUT2D eigenvalue weighted by atomic mass is 9.93. The summed E-state index contributed by atoms with van der Waals surface area (Å²) >= 11 is 12.2. The lowest BCUT2D eigenvalue weighted by molar-refractivity contribution is 0.182. The van der Waals surface area contributed by atoms with Crippen LogP contribution in [0.3, 0.4) is 0 Å². The highest BCUT2D eigenvalue weighted by Gasteiger charge is 2.36. The fourth-order valence-electron chi connectivity index (χ4n) is 3.10. The van der Waals surface area contributed by atoms with Crippen LogP contribution in [0, 0.1) is 5.92 Å². The number of hydrogen-bond acceptors (Lipinski definition) is 2. The van der Waals surface area contributed by atoms with Crippen molar-refractivity contribution in [3.63, 3.8) is 0 Å². The van der Waals surface area contributed by atoms with Gasteiger partial charge < -0.3 is 5.32 Å². The van der Waals surface area contributed by atoms with Gasteiger partial charge in [-0.2, -0.15) is 0 Å². The lowest BCUT2D eigenvalue weighted by Gasteiger charge is -2.32. The van der Waals surface area contributed by atoms with Crippen molar-refractivity contribution >= 4 is 23.2 Å². The highest BCUT2D eigenvalue weighted by Crippen LogP contribution is 2.39. The summed E-state index contributed by atoms with van der Waals surface area (Å²) in [5.74, 6) is 0.629. The second-order valence-electron chi connectivity index (χ2n) is 5.56. The maximum atomic E-state index is 6.18. The SMILES string of the molecule is CNCC1CCN(C(C)C)C1c1ccc(Cl)c(Cl)c1. The number of halogens is 2. The van der Waals surface area contributed by atoms with Crippen molar-refractivity contribution in [3.8, 4) is 0 Å². The number of benzene rings is 1. The summed E-state index contributed by atoms with van der Waals surface area (Å²) in [6, 6.07) is 7.02. The van der Waals surface area contributed by atoms with Crippen LogP contribution < -0.4 is 5.32 Å². The number of likely N-dealkylation sites (tertiary alicyclic amines) is 1. The number of hydrogen-bond donors (Lipinski definition) is 1. The van der Waals surface area contributed by atoms with Gasteiger partial charge in [-0.3, -0.25) is 4.90 Å². The summed E-state index contributed by atoms with van der Waals surface area (Å²) in [7, 11) is 2.02. The first-order valence-electron chi connectivity index (χ1n) is 6.90. The zero-order chi connectivity index (χ0) is 14.0. The third-order valence-corrected chi connectivity index (χ3v) is 4.72. The summed E-state index contributed by atoms with van der Waals surface area (Å²) in [5, 5.41) is 4.59. The summed E-state index contributed by atoms with van der Waals surface area (Å²) in [6.45, 7) is 6.70. The molecule has 2 rings (SSSR count). The molecule has 1 aliphatic heterocycles. The fraction of sp³-hybridized carbons (Fsp3) is 0.600. The minimum absolute atomic E-state index is 0.433. The monoisotopic (exact) mass is 300 g/mol. The molecule has 106 valence electrons. The van der Waals surface area contributed by atoms with Gasteiger partial charge in [-0.05, 0) is 64.0 Å². The molecule has 0 spiro atoms. The molecule has 2 unspecified atom stereocenters. The van der Waals surface area contributed by atoms with Gasteiger partial charge in [0.25, 0.3) is 0 Å². The molecule has 1 heterocycles. The molecule has 4 heteroatoms. The Kier molecular flexibility index (Phi) is 5.13. The Hall–Kier alpha value is -0.280. The molecule has 0 amide bonds. The van der Waals surface area contributed by atoms with Crippen molar-refractivity contribution in [3.05, 3.63) is 33.8 Å². The molecule has 2 nitrogen and oxygen atoms in total. The van der Waals surface area contributed by atoms with Gasteiger partial charge in [-0.25, -0.2) is 0 Å². The molecule has 0 aromatic heterocycles. The quantitative estimate of drug-likeness (QED) is 0.905.